The molecule has 4 aromatic rings. The maximum atomic E-state index is 14.0. The van der Waals surface area contributed by atoms with Gasteiger partial charge in [-0.2, -0.15) is 0 Å². The molecule has 3 fully saturated rings. The topological polar surface area (TPSA) is 83.2 Å². The Labute approximate surface area is 256 Å². The molecule has 1 aliphatic carbocycles. The van der Waals surface area contributed by atoms with E-state index in [1.54, 1.807) is 26.4 Å². The average Bonchev–Trinajstić information content (AvgIpc) is 3.36. The maximum Gasteiger partial charge on any atom is 0.163 e. The fourth-order valence-corrected chi connectivity index (χ4v) is 7.31. The first-order chi connectivity index (χ1) is 21.4. The monoisotopic (exact) mass is 599 g/mol. The van der Waals surface area contributed by atoms with Crippen LogP contribution in [0.1, 0.15) is 34.3 Å². The number of pyridine rings is 1. The van der Waals surface area contributed by atoms with Crippen LogP contribution >= 0.6 is 0 Å². The molecular formula is C34H38FN5O4. The van der Waals surface area contributed by atoms with Gasteiger partial charge in [-0.05, 0) is 55.2 Å². The van der Waals surface area contributed by atoms with Crippen molar-refractivity contribution >= 4 is 23.0 Å². The van der Waals surface area contributed by atoms with Gasteiger partial charge in [0.15, 0.2) is 17.8 Å². The number of aldehydes is 1. The minimum atomic E-state index is -0.390. The van der Waals surface area contributed by atoms with Crippen molar-refractivity contribution in [1.29, 1.82) is 0 Å². The van der Waals surface area contributed by atoms with E-state index < -0.39 is 5.82 Å². The Kier molecular flexibility index (Phi) is 7.42. The van der Waals surface area contributed by atoms with Crippen LogP contribution in [0.4, 0.5) is 10.1 Å². The number of aromatic nitrogens is 2. The van der Waals surface area contributed by atoms with Crippen LogP contribution in [0.25, 0.3) is 11.0 Å². The number of methoxy groups -OCH3 is 2. The number of aryl methyl sites for hydroxylation is 1. The van der Waals surface area contributed by atoms with Crippen LogP contribution in [0.3, 0.4) is 0 Å². The van der Waals surface area contributed by atoms with E-state index in [4.69, 9.17) is 14.2 Å². The fourth-order valence-electron chi connectivity index (χ4n) is 7.31. The van der Waals surface area contributed by atoms with E-state index in [1.165, 1.54) is 30.8 Å². The Morgan fingerprint density at radius 3 is 2.57 bits per heavy atom. The molecule has 1 N–H and O–H groups in total. The number of nitrogens with zero attached hydrogens (tertiary/aromatic N) is 4. The third-order valence-corrected chi connectivity index (χ3v) is 9.62. The minimum Gasteiger partial charge on any atom is -0.493 e. The maximum absolute atomic E-state index is 14.0. The van der Waals surface area contributed by atoms with Gasteiger partial charge in [0, 0.05) is 75.2 Å². The largest absolute Gasteiger partial charge is 0.493 e. The molecule has 0 bridgehead atoms. The molecule has 9 nitrogen and oxygen atoms in total. The van der Waals surface area contributed by atoms with Gasteiger partial charge in [-0.1, -0.05) is 6.07 Å². The lowest BCUT2D eigenvalue weighted by atomic mass is 9.60. The number of piperazine rings is 1. The van der Waals surface area contributed by atoms with Crippen molar-refractivity contribution in [3.63, 3.8) is 0 Å². The molecule has 0 unspecified atom stereocenters. The highest BCUT2D eigenvalue weighted by molar-refractivity contribution is 5.82. The Bertz CT molecular complexity index is 1680. The third-order valence-electron chi connectivity index (χ3n) is 9.62. The summed E-state index contributed by atoms with van der Waals surface area (Å²) in [6.07, 6.45) is 6.03. The lowest BCUT2D eigenvalue weighted by Gasteiger charge is -2.62. The third kappa shape index (κ3) is 5.26. The van der Waals surface area contributed by atoms with Crippen LogP contribution < -0.4 is 19.1 Å². The quantitative estimate of drug-likeness (QED) is 0.256. The predicted octanol–water partition coefficient (Wildman–Crippen LogP) is 5.42. The molecule has 0 amide bonds. The van der Waals surface area contributed by atoms with E-state index >= 15 is 0 Å². The summed E-state index contributed by atoms with van der Waals surface area (Å²) in [4.78, 5) is 26.3. The number of hydrogen-bond acceptors (Lipinski definition) is 8. The molecule has 2 aromatic carbocycles. The van der Waals surface area contributed by atoms with Gasteiger partial charge in [0.25, 0.3) is 0 Å². The number of anilines is 1. The summed E-state index contributed by atoms with van der Waals surface area (Å²) in [6, 6.07) is 12.2. The second kappa shape index (κ2) is 11.4. The SMILES string of the molecule is COc1cc(CN2CCN(C3CC4(C3)CN(c3ccc(C=O)c(Oc5cnc6[nH]cc(F)c6c5)c3)C4)CC2)cc(C)c1OC. The van der Waals surface area contributed by atoms with Crippen molar-refractivity contribution in [3.05, 3.63) is 71.3 Å². The zero-order valence-electron chi connectivity index (χ0n) is 25.4. The normalized spacial score (nSPS) is 18.7. The predicted molar refractivity (Wildman–Crippen MR) is 167 cm³/mol. The first-order valence-corrected chi connectivity index (χ1v) is 15.2. The number of ether oxygens (including phenoxy) is 3. The molecule has 1 saturated carbocycles. The second-order valence-electron chi connectivity index (χ2n) is 12.5. The molecule has 2 aromatic heterocycles. The molecular weight excluding hydrogens is 561 g/mol. The van der Waals surface area contributed by atoms with Gasteiger partial charge in [0.1, 0.15) is 23.0 Å². The molecule has 2 saturated heterocycles. The van der Waals surface area contributed by atoms with E-state index in [2.05, 4.69) is 43.7 Å². The number of halogens is 1. The van der Waals surface area contributed by atoms with Gasteiger partial charge in [0.05, 0.1) is 31.4 Å². The Morgan fingerprint density at radius 2 is 1.84 bits per heavy atom. The molecule has 10 heteroatoms. The number of nitrogens with one attached hydrogen (secondary N) is 1. The van der Waals surface area contributed by atoms with Gasteiger partial charge >= 0.3 is 0 Å². The van der Waals surface area contributed by atoms with Gasteiger partial charge in [-0.3, -0.25) is 14.6 Å². The Balaban J connectivity index is 0.918. The summed E-state index contributed by atoms with van der Waals surface area (Å²) in [5.41, 5.74) is 4.65. The first-order valence-electron chi connectivity index (χ1n) is 15.2. The molecule has 1 spiro atoms. The summed E-state index contributed by atoms with van der Waals surface area (Å²) in [6.45, 7) is 9.31. The van der Waals surface area contributed by atoms with E-state index in [9.17, 15) is 9.18 Å². The van der Waals surface area contributed by atoms with Crippen molar-refractivity contribution in [3.8, 4) is 23.0 Å². The zero-order chi connectivity index (χ0) is 30.4. The lowest BCUT2D eigenvalue weighted by molar-refractivity contribution is -0.0380. The van der Waals surface area contributed by atoms with Crippen LogP contribution in [0.15, 0.2) is 48.8 Å². The van der Waals surface area contributed by atoms with Crippen LogP contribution in [0, 0.1) is 18.2 Å². The van der Waals surface area contributed by atoms with Gasteiger partial charge in [0.2, 0.25) is 0 Å². The number of benzene rings is 2. The van der Waals surface area contributed by atoms with Crippen molar-refractivity contribution < 1.29 is 23.4 Å². The number of rotatable bonds is 9. The van der Waals surface area contributed by atoms with Crippen molar-refractivity contribution in [2.45, 2.75) is 32.4 Å². The summed E-state index contributed by atoms with van der Waals surface area (Å²) in [7, 11) is 3.37. The molecule has 0 atom stereocenters. The molecule has 230 valence electrons. The second-order valence-corrected chi connectivity index (χ2v) is 12.5. The lowest BCUT2D eigenvalue weighted by Crippen LogP contribution is -2.68. The highest BCUT2D eigenvalue weighted by atomic mass is 19.1. The van der Waals surface area contributed by atoms with Gasteiger partial charge < -0.3 is 24.1 Å². The summed E-state index contributed by atoms with van der Waals surface area (Å²) < 4.78 is 31.1. The number of aromatic amines is 1. The van der Waals surface area contributed by atoms with E-state index in [0.29, 0.717) is 39.6 Å². The highest BCUT2D eigenvalue weighted by Crippen LogP contribution is 2.52. The minimum absolute atomic E-state index is 0.352. The van der Waals surface area contributed by atoms with Gasteiger partial charge in [-0.15, -0.1) is 0 Å². The average molecular weight is 600 g/mol. The summed E-state index contributed by atoms with van der Waals surface area (Å²) in [5, 5.41) is 0.352. The van der Waals surface area contributed by atoms with Crippen molar-refractivity contribution in [2.24, 2.45) is 5.41 Å². The van der Waals surface area contributed by atoms with Crippen molar-refractivity contribution in [1.82, 2.24) is 19.8 Å². The summed E-state index contributed by atoms with van der Waals surface area (Å²) in [5.74, 6) is 2.04. The van der Waals surface area contributed by atoms with Crippen LogP contribution in [-0.4, -0.2) is 85.6 Å². The van der Waals surface area contributed by atoms with E-state index in [0.717, 1.165) is 74.8 Å². The molecule has 44 heavy (non-hydrogen) atoms. The fraction of sp³-hybridized carbons (Fsp3) is 0.412. The molecule has 0 radical (unpaired) electrons. The molecule has 2 aliphatic heterocycles. The van der Waals surface area contributed by atoms with Crippen LogP contribution in [0.5, 0.6) is 23.0 Å². The Morgan fingerprint density at radius 1 is 1.05 bits per heavy atom. The Hall–Kier alpha value is -4.15. The highest BCUT2D eigenvalue weighted by Gasteiger charge is 2.54. The summed E-state index contributed by atoms with van der Waals surface area (Å²) >= 11 is 0. The molecule has 3 aliphatic rings. The number of fused-ring (bicyclic) bond motifs is 1. The standard InChI is InChI=1S/C34H38FN5O4/c1-22-10-23(11-31(42-2)32(22)43-3)18-38-6-8-39(9-7-38)26-14-34(15-26)20-40(21-34)25-5-4-24(19-41)30(12-25)44-27-13-28-29(35)17-37-33(28)36-16-27/h4-5,10-13,16-17,19,26H,6-9,14-15,18,20-21H2,1-3H3,(H,36,37). The number of carbonyl (C=O) groups is 1. The smallest absolute Gasteiger partial charge is 0.163 e. The van der Waals surface area contributed by atoms with E-state index in [1.807, 2.05) is 12.1 Å². The molecule has 7 rings (SSSR count). The van der Waals surface area contributed by atoms with E-state index in [-0.39, 0.29) is 0 Å². The number of hydrogen-bond donors (Lipinski definition) is 1. The van der Waals surface area contributed by atoms with Gasteiger partial charge in [-0.25, -0.2) is 9.37 Å². The number of carbonyl (C=O) groups excluding carboxylic acids is 1. The van der Waals surface area contributed by atoms with Crippen LogP contribution in [-0.2, 0) is 6.54 Å². The first kappa shape index (κ1) is 28.6. The van der Waals surface area contributed by atoms with Crippen LogP contribution in [0.2, 0.25) is 0 Å². The van der Waals surface area contributed by atoms with Crippen molar-refractivity contribution in [2.75, 3.05) is 58.4 Å². The zero-order valence-corrected chi connectivity index (χ0v) is 25.4. The molecule has 4 heterocycles. The number of H-pyrrole nitrogens is 1.